The molecule has 1 saturated carbocycles. The number of hydrogen-bond donors (Lipinski definition) is 1. The molecule has 0 saturated heterocycles. The summed E-state index contributed by atoms with van der Waals surface area (Å²) in [5, 5.41) is 11.6. The van der Waals surface area contributed by atoms with Gasteiger partial charge < -0.3 is 9.84 Å². The van der Waals surface area contributed by atoms with Gasteiger partial charge in [-0.15, -0.1) is 0 Å². The van der Waals surface area contributed by atoms with E-state index in [-0.39, 0.29) is 17.7 Å². The molecule has 4 aromatic rings. The Hall–Kier alpha value is -3.55. The largest absolute Gasteiger partial charge is 0.416 e. The Morgan fingerprint density at radius 3 is 2.23 bits per heavy atom. The summed E-state index contributed by atoms with van der Waals surface area (Å²) in [6, 6.07) is 21.7. The standard InChI is InChI=1S/C37H37F4NO2/c38-30-17-13-27(14-18-30)34-31(19-12-24-10-15-29(16-11-24)37(39,40)41)36(28-8-4-5-9-28)42-32-20-26(21-33(43)35(32)34)23-44-22-25-6-2-1-3-7-25/h1-3,6-7,10-11,13-18,26,28,33,43H,4-5,8-9,12,19-23H2. The lowest BCUT2D eigenvalue weighted by atomic mass is 9.77. The van der Waals surface area contributed by atoms with Crippen molar-refractivity contribution >= 4 is 0 Å². The lowest BCUT2D eigenvalue weighted by Crippen LogP contribution is -2.26. The van der Waals surface area contributed by atoms with Crippen molar-refractivity contribution in [2.75, 3.05) is 6.61 Å². The molecule has 1 heterocycles. The van der Waals surface area contributed by atoms with Gasteiger partial charge in [0.05, 0.1) is 24.9 Å². The summed E-state index contributed by atoms with van der Waals surface area (Å²) in [7, 11) is 0. The summed E-state index contributed by atoms with van der Waals surface area (Å²) in [6.07, 6.45) is 1.42. The van der Waals surface area contributed by atoms with E-state index in [4.69, 9.17) is 9.72 Å². The van der Waals surface area contributed by atoms with Gasteiger partial charge in [-0.3, -0.25) is 4.98 Å². The second-order valence-corrected chi connectivity index (χ2v) is 12.2. The Labute approximate surface area is 255 Å². The lowest BCUT2D eigenvalue weighted by Gasteiger charge is -2.33. The molecule has 230 valence electrons. The second kappa shape index (κ2) is 13.2. The number of rotatable bonds is 9. The highest BCUT2D eigenvalue weighted by Crippen LogP contribution is 2.46. The lowest BCUT2D eigenvalue weighted by molar-refractivity contribution is -0.137. The third kappa shape index (κ3) is 6.89. The molecule has 2 aliphatic carbocycles. The van der Waals surface area contributed by atoms with Crippen LogP contribution < -0.4 is 0 Å². The normalized spacial score (nSPS) is 18.8. The van der Waals surface area contributed by atoms with Crippen molar-refractivity contribution in [2.24, 2.45) is 5.92 Å². The SMILES string of the molecule is OC1CC(COCc2ccccc2)Cc2nc(C3CCCC3)c(CCc3ccc(C(F)(F)F)cc3)c(-c3ccc(F)cc3)c21. The molecule has 6 rings (SSSR count). The minimum absolute atomic E-state index is 0.101. The molecule has 0 spiro atoms. The predicted molar refractivity (Wildman–Crippen MR) is 163 cm³/mol. The van der Waals surface area contributed by atoms with E-state index in [0.717, 1.165) is 82.6 Å². The number of aryl methyl sites for hydroxylation is 1. The monoisotopic (exact) mass is 603 g/mol. The highest BCUT2D eigenvalue weighted by atomic mass is 19.4. The van der Waals surface area contributed by atoms with Crippen molar-refractivity contribution in [1.29, 1.82) is 0 Å². The summed E-state index contributed by atoms with van der Waals surface area (Å²) in [5.74, 6) is 0.0355. The van der Waals surface area contributed by atoms with Gasteiger partial charge in [0, 0.05) is 22.9 Å². The van der Waals surface area contributed by atoms with E-state index in [0.29, 0.717) is 38.9 Å². The van der Waals surface area contributed by atoms with Crippen LogP contribution in [0.2, 0.25) is 0 Å². The average Bonchev–Trinajstić information content (AvgIpc) is 3.55. The molecule has 1 N–H and O–H groups in total. The molecule has 2 atom stereocenters. The molecular weight excluding hydrogens is 566 g/mol. The first-order valence-corrected chi connectivity index (χ1v) is 15.5. The van der Waals surface area contributed by atoms with Crippen LogP contribution in [0, 0.1) is 11.7 Å². The highest BCUT2D eigenvalue weighted by Gasteiger charge is 2.34. The third-order valence-corrected chi connectivity index (χ3v) is 9.10. The van der Waals surface area contributed by atoms with Crippen molar-refractivity contribution in [3.05, 3.63) is 124 Å². The molecule has 0 aliphatic heterocycles. The number of fused-ring (bicyclic) bond motifs is 1. The first kappa shape index (κ1) is 30.5. The first-order chi connectivity index (χ1) is 21.3. The van der Waals surface area contributed by atoms with Crippen LogP contribution in [0.5, 0.6) is 0 Å². The molecule has 2 aliphatic rings. The van der Waals surface area contributed by atoms with Crippen LogP contribution in [0.3, 0.4) is 0 Å². The number of pyridine rings is 1. The van der Waals surface area contributed by atoms with Gasteiger partial charge >= 0.3 is 6.18 Å². The number of nitrogens with zero attached hydrogens (tertiary/aromatic N) is 1. The Kier molecular flexibility index (Phi) is 9.15. The smallest absolute Gasteiger partial charge is 0.388 e. The van der Waals surface area contributed by atoms with Crippen molar-refractivity contribution < 1.29 is 27.4 Å². The summed E-state index contributed by atoms with van der Waals surface area (Å²) in [6.45, 7) is 1.01. The number of benzene rings is 3. The molecule has 44 heavy (non-hydrogen) atoms. The number of aliphatic hydroxyl groups excluding tert-OH is 1. The highest BCUT2D eigenvalue weighted by molar-refractivity contribution is 5.74. The van der Waals surface area contributed by atoms with Crippen molar-refractivity contribution in [3.8, 4) is 11.1 Å². The van der Waals surface area contributed by atoms with E-state index < -0.39 is 17.8 Å². The molecule has 0 amide bonds. The van der Waals surface area contributed by atoms with Gasteiger partial charge in [-0.05, 0) is 96.5 Å². The summed E-state index contributed by atoms with van der Waals surface area (Å²) >= 11 is 0. The zero-order valence-corrected chi connectivity index (χ0v) is 24.6. The quantitative estimate of drug-likeness (QED) is 0.194. The fourth-order valence-electron chi connectivity index (χ4n) is 6.92. The Morgan fingerprint density at radius 1 is 0.841 bits per heavy atom. The van der Waals surface area contributed by atoms with E-state index in [1.54, 1.807) is 12.1 Å². The molecule has 7 heteroatoms. The fraction of sp³-hybridized carbons (Fsp3) is 0.378. The Balaban J connectivity index is 1.36. The van der Waals surface area contributed by atoms with E-state index in [2.05, 4.69) is 0 Å². The molecule has 0 radical (unpaired) electrons. The van der Waals surface area contributed by atoms with Crippen LogP contribution in [0.4, 0.5) is 17.6 Å². The van der Waals surface area contributed by atoms with Crippen LogP contribution in [0.25, 0.3) is 11.1 Å². The zero-order valence-electron chi connectivity index (χ0n) is 24.6. The van der Waals surface area contributed by atoms with Crippen molar-refractivity contribution in [2.45, 2.75) is 76.2 Å². The second-order valence-electron chi connectivity index (χ2n) is 12.2. The van der Waals surface area contributed by atoms with Crippen LogP contribution in [0.15, 0.2) is 78.9 Å². The van der Waals surface area contributed by atoms with Gasteiger partial charge in [0.2, 0.25) is 0 Å². The number of halogens is 4. The number of hydrogen-bond acceptors (Lipinski definition) is 3. The predicted octanol–water partition coefficient (Wildman–Crippen LogP) is 9.16. The molecule has 0 bridgehead atoms. The van der Waals surface area contributed by atoms with Gasteiger partial charge in [0.1, 0.15) is 5.82 Å². The topological polar surface area (TPSA) is 42.4 Å². The number of alkyl halides is 3. The Bertz CT molecular complexity index is 1550. The molecular formula is C37H37F4NO2. The van der Waals surface area contributed by atoms with Crippen molar-refractivity contribution in [3.63, 3.8) is 0 Å². The number of ether oxygens (including phenoxy) is 1. The van der Waals surface area contributed by atoms with Crippen LogP contribution in [-0.4, -0.2) is 16.7 Å². The zero-order chi connectivity index (χ0) is 30.7. The molecule has 2 unspecified atom stereocenters. The van der Waals surface area contributed by atoms with Gasteiger partial charge in [-0.25, -0.2) is 4.39 Å². The van der Waals surface area contributed by atoms with Crippen molar-refractivity contribution in [1.82, 2.24) is 4.98 Å². The maximum absolute atomic E-state index is 14.1. The van der Waals surface area contributed by atoms with Gasteiger partial charge in [0.15, 0.2) is 0 Å². The van der Waals surface area contributed by atoms with Crippen LogP contribution >= 0.6 is 0 Å². The first-order valence-electron chi connectivity index (χ1n) is 15.5. The third-order valence-electron chi connectivity index (χ3n) is 9.10. The van der Waals surface area contributed by atoms with Gasteiger partial charge in [0.25, 0.3) is 0 Å². The minimum atomic E-state index is -4.38. The number of aliphatic hydroxyl groups is 1. The number of aromatic nitrogens is 1. The summed E-state index contributed by atoms with van der Waals surface area (Å²) in [5.41, 5.74) is 6.66. The van der Waals surface area contributed by atoms with Gasteiger partial charge in [-0.2, -0.15) is 13.2 Å². The van der Waals surface area contributed by atoms with E-state index in [1.165, 1.54) is 24.3 Å². The minimum Gasteiger partial charge on any atom is -0.388 e. The summed E-state index contributed by atoms with van der Waals surface area (Å²) < 4.78 is 59.6. The molecule has 3 nitrogen and oxygen atoms in total. The van der Waals surface area contributed by atoms with Crippen LogP contribution in [-0.2, 0) is 36.8 Å². The average molecular weight is 604 g/mol. The maximum Gasteiger partial charge on any atom is 0.416 e. The maximum atomic E-state index is 14.1. The van der Waals surface area contributed by atoms with E-state index >= 15 is 0 Å². The molecule has 3 aromatic carbocycles. The summed E-state index contributed by atoms with van der Waals surface area (Å²) in [4.78, 5) is 5.29. The molecule has 1 aromatic heterocycles. The van der Waals surface area contributed by atoms with Crippen LogP contribution in [0.1, 0.15) is 83.3 Å². The Morgan fingerprint density at radius 2 is 1.55 bits per heavy atom. The fourth-order valence-corrected chi connectivity index (χ4v) is 6.92. The van der Waals surface area contributed by atoms with E-state index in [1.807, 2.05) is 30.3 Å². The van der Waals surface area contributed by atoms with E-state index in [9.17, 15) is 22.7 Å². The van der Waals surface area contributed by atoms with Gasteiger partial charge in [-0.1, -0.05) is 67.4 Å². The molecule has 1 fully saturated rings.